The van der Waals surface area contributed by atoms with Crippen LogP contribution >= 0.6 is 0 Å². The molecule has 0 atom stereocenters. The third-order valence-electron chi connectivity index (χ3n) is 20.3. The summed E-state index contributed by atoms with van der Waals surface area (Å²) < 4.78 is 9.58. The minimum Gasteiger partial charge on any atom is -0.309 e. The van der Waals surface area contributed by atoms with Crippen molar-refractivity contribution in [2.75, 3.05) is 0 Å². The minimum absolute atomic E-state index is 0.571. The van der Waals surface area contributed by atoms with E-state index in [9.17, 15) is 5.26 Å². The summed E-state index contributed by atoms with van der Waals surface area (Å²) >= 11 is 0. The number of aryl methyl sites for hydroxylation is 7. The maximum absolute atomic E-state index is 12.5. The molecule has 97 heavy (non-hydrogen) atoms. The van der Waals surface area contributed by atoms with E-state index in [0.29, 0.717) is 5.56 Å². The van der Waals surface area contributed by atoms with Gasteiger partial charge < -0.3 is 18.3 Å². The largest absolute Gasteiger partial charge is 0.309 e. The highest BCUT2D eigenvalue weighted by molar-refractivity contribution is 6.15. The molecule has 0 amide bonds. The topological polar surface area (TPSA) is 56.4 Å². The standard InChI is InChI=1S/C91H66N6/c1-54-12-35-80-71(46-54)70-10-8-9-11-79(70)94(80)66-29-21-63(22-30-66)90-88(65-42-44-93-45-43-65)78(53-92)87(61-19-27-67(28-20-61)95-81-36-13-55(2)47-72(81)73-48-56(3)14-37-82(73)95)89(62-23-31-68(32-24-62)96-83-38-15-57(4)49-74(83)75-50-58(5)16-39-84(75)96)91(90)64-25-33-69(34-26-64)97-85-40-17-59(6)51-76(85)77-52-60(7)18-41-86(77)97/h8-52H,1-7H3. The van der Waals surface area contributed by atoms with Crippen molar-refractivity contribution < 1.29 is 0 Å². The predicted molar refractivity (Wildman–Crippen MR) is 407 cm³/mol. The molecule has 5 aromatic heterocycles. The lowest BCUT2D eigenvalue weighted by Gasteiger charge is -2.26. The van der Waals surface area contributed by atoms with Crippen LogP contribution in [0.3, 0.4) is 0 Å². The van der Waals surface area contributed by atoms with E-state index < -0.39 is 0 Å². The van der Waals surface area contributed by atoms with Crippen molar-refractivity contribution in [2.45, 2.75) is 48.5 Å². The zero-order chi connectivity index (χ0) is 65.5. The molecule has 460 valence electrons. The molecule has 0 aliphatic heterocycles. The van der Waals surface area contributed by atoms with Gasteiger partial charge in [-0.3, -0.25) is 4.98 Å². The molecule has 0 fully saturated rings. The van der Waals surface area contributed by atoms with E-state index in [1.165, 1.54) is 82.0 Å². The number of hydrogen-bond acceptors (Lipinski definition) is 2. The summed E-state index contributed by atoms with van der Waals surface area (Å²) in [5, 5.41) is 22.3. The monoisotopic (exact) mass is 1240 g/mol. The summed E-state index contributed by atoms with van der Waals surface area (Å²) in [5.41, 5.74) is 31.9. The second kappa shape index (κ2) is 22.2. The Hall–Kier alpha value is -12.3. The molecule has 0 unspecified atom stereocenters. The van der Waals surface area contributed by atoms with Crippen LogP contribution in [0.4, 0.5) is 0 Å². The molecule has 13 aromatic carbocycles. The van der Waals surface area contributed by atoms with Gasteiger partial charge in [-0.05, 0) is 245 Å². The second-order valence-electron chi connectivity index (χ2n) is 26.8. The van der Waals surface area contributed by atoms with Crippen molar-refractivity contribution in [3.8, 4) is 84.5 Å². The Labute approximate surface area is 563 Å². The zero-order valence-electron chi connectivity index (χ0n) is 55.2. The van der Waals surface area contributed by atoms with Gasteiger partial charge in [-0.15, -0.1) is 0 Å². The Morgan fingerprint density at radius 1 is 0.237 bits per heavy atom. The van der Waals surface area contributed by atoms with E-state index in [1.54, 1.807) is 0 Å². The van der Waals surface area contributed by atoms with Gasteiger partial charge in [-0.2, -0.15) is 5.26 Å². The molecule has 18 rings (SSSR count). The van der Waals surface area contributed by atoms with Crippen molar-refractivity contribution in [1.29, 1.82) is 5.26 Å². The van der Waals surface area contributed by atoms with Crippen LogP contribution in [-0.4, -0.2) is 23.3 Å². The lowest BCUT2D eigenvalue weighted by molar-refractivity contribution is 1.18. The van der Waals surface area contributed by atoms with Gasteiger partial charge in [0.05, 0.1) is 49.7 Å². The van der Waals surface area contributed by atoms with Crippen LogP contribution in [0.1, 0.15) is 44.5 Å². The molecule has 5 heterocycles. The fourth-order valence-electron chi connectivity index (χ4n) is 15.9. The highest BCUT2D eigenvalue weighted by Gasteiger charge is 2.30. The van der Waals surface area contributed by atoms with Crippen molar-refractivity contribution in [2.24, 2.45) is 0 Å². The van der Waals surface area contributed by atoms with Gasteiger partial charge in [0.1, 0.15) is 6.07 Å². The summed E-state index contributed by atoms with van der Waals surface area (Å²) in [5.74, 6) is 0. The molecule has 0 radical (unpaired) electrons. The lowest BCUT2D eigenvalue weighted by Crippen LogP contribution is -2.03. The Balaban J connectivity index is 0.938. The van der Waals surface area contributed by atoms with Crippen LogP contribution in [0, 0.1) is 59.8 Å². The number of rotatable bonds is 9. The van der Waals surface area contributed by atoms with Crippen LogP contribution in [0.15, 0.2) is 273 Å². The lowest BCUT2D eigenvalue weighted by atomic mass is 9.76. The van der Waals surface area contributed by atoms with E-state index in [0.717, 1.165) is 123 Å². The minimum atomic E-state index is 0.571. The van der Waals surface area contributed by atoms with Gasteiger partial charge in [-0.1, -0.05) is 148 Å². The molecular formula is C91H66N6. The number of fused-ring (bicyclic) bond motifs is 12. The summed E-state index contributed by atoms with van der Waals surface area (Å²) in [6, 6.07) is 99.6. The zero-order valence-corrected chi connectivity index (χ0v) is 55.2. The molecule has 0 N–H and O–H groups in total. The normalized spacial score (nSPS) is 11.9. The van der Waals surface area contributed by atoms with Crippen molar-refractivity contribution in [3.05, 3.63) is 318 Å². The van der Waals surface area contributed by atoms with Gasteiger partial charge >= 0.3 is 0 Å². The molecule has 0 spiro atoms. The maximum Gasteiger partial charge on any atom is 0.100 e. The first kappa shape index (κ1) is 57.4. The molecule has 0 saturated heterocycles. The summed E-state index contributed by atoms with van der Waals surface area (Å²) in [7, 11) is 0. The quantitative estimate of drug-likeness (QED) is 0.145. The average molecular weight is 1240 g/mol. The molecule has 18 aromatic rings. The van der Waals surface area contributed by atoms with Crippen LogP contribution in [0.2, 0.25) is 0 Å². The fourth-order valence-corrected chi connectivity index (χ4v) is 15.9. The number of aromatic nitrogens is 5. The number of pyridine rings is 1. The van der Waals surface area contributed by atoms with Gasteiger partial charge in [0.15, 0.2) is 0 Å². The summed E-state index contributed by atoms with van der Waals surface area (Å²) in [6.07, 6.45) is 3.70. The van der Waals surface area contributed by atoms with E-state index >= 15 is 0 Å². The van der Waals surface area contributed by atoms with Crippen LogP contribution < -0.4 is 0 Å². The first-order valence-electron chi connectivity index (χ1n) is 33.4. The third-order valence-corrected chi connectivity index (χ3v) is 20.3. The summed E-state index contributed by atoms with van der Waals surface area (Å²) in [6.45, 7) is 15.2. The number of nitriles is 1. The van der Waals surface area contributed by atoms with Gasteiger partial charge in [0.2, 0.25) is 0 Å². The highest BCUT2D eigenvalue weighted by atomic mass is 15.0. The first-order chi connectivity index (χ1) is 47.4. The maximum atomic E-state index is 12.5. The number of nitrogens with zero attached hydrogens (tertiary/aromatic N) is 6. The molecule has 6 nitrogen and oxygen atoms in total. The molecule has 0 bridgehead atoms. The Morgan fingerprint density at radius 2 is 0.464 bits per heavy atom. The van der Waals surface area contributed by atoms with Gasteiger partial charge in [0, 0.05) is 89.4 Å². The second-order valence-corrected chi connectivity index (χ2v) is 26.8. The van der Waals surface area contributed by atoms with E-state index in [2.05, 4.69) is 339 Å². The molecule has 0 aliphatic rings. The van der Waals surface area contributed by atoms with Crippen LogP contribution in [-0.2, 0) is 0 Å². The van der Waals surface area contributed by atoms with E-state index in [-0.39, 0.29) is 0 Å². The predicted octanol–water partition coefficient (Wildman–Crippen LogP) is 23.8. The first-order valence-corrected chi connectivity index (χ1v) is 33.4. The number of hydrogen-bond donors (Lipinski definition) is 0. The van der Waals surface area contributed by atoms with Crippen LogP contribution in [0.5, 0.6) is 0 Å². The summed E-state index contributed by atoms with van der Waals surface area (Å²) in [4.78, 5) is 4.61. The highest BCUT2D eigenvalue weighted by Crippen LogP contribution is 2.54. The molecular weight excluding hydrogens is 1180 g/mol. The fraction of sp³-hybridized carbons (Fsp3) is 0.0769. The van der Waals surface area contributed by atoms with Crippen LogP contribution in [0.25, 0.3) is 166 Å². The molecule has 0 aliphatic carbocycles. The van der Waals surface area contributed by atoms with Crippen molar-refractivity contribution in [1.82, 2.24) is 23.3 Å². The van der Waals surface area contributed by atoms with Crippen molar-refractivity contribution >= 4 is 87.2 Å². The third kappa shape index (κ3) is 9.11. The molecule has 6 heteroatoms. The van der Waals surface area contributed by atoms with E-state index in [4.69, 9.17) is 0 Å². The average Bonchev–Trinajstić information content (AvgIpc) is 1.69. The van der Waals surface area contributed by atoms with Gasteiger partial charge in [-0.25, -0.2) is 0 Å². The van der Waals surface area contributed by atoms with Gasteiger partial charge in [0.25, 0.3) is 0 Å². The number of benzene rings is 13. The molecule has 0 saturated carbocycles. The SMILES string of the molecule is Cc1ccc2c(c1)c1ccccc1n2-c1ccc(-c2c(-c3ccncc3)c(C#N)c(-c3ccc(-n4c5ccc(C)cc5c5cc(C)ccc54)cc3)c(-c3ccc(-n4c5ccc(C)cc5c5cc(C)ccc54)cc3)c2-c2ccc(-n3c4ccc(C)cc4c4cc(C)ccc43)cc2)cc1. The Bertz CT molecular complexity index is 6170. The van der Waals surface area contributed by atoms with E-state index in [1.807, 2.05) is 12.4 Å². The number of para-hydroxylation sites is 1. The smallest absolute Gasteiger partial charge is 0.100 e. The Morgan fingerprint density at radius 3 is 0.742 bits per heavy atom. The Kier molecular flexibility index (Phi) is 13.1. The van der Waals surface area contributed by atoms with Crippen molar-refractivity contribution in [3.63, 3.8) is 0 Å².